The normalized spacial score (nSPS) is 14.9. The lowest BCUT2D eigenvalue weighted by Gasteiger charge is -2.30. The molecule has 20 heavy (non-hydrogen) atoms. The van der Waals surface area contributed by atoms with Gasteiger partial charge >= 0.3 is 17.4 Å². The van der Waals surface area contributed by atoms with Crippen LogP contribution in [0.25, 0.3) is 0 Å². The smallest absolute Gasteiger partial charge is 0.314 e. The minimum absolute atomic E-state index is 0.185. The first kappa shape index (κ1) is 20.1. The van der Waals surface area contributed by atoms with E-state index in [0.717, 1.165) is 0 Å². The average molecular weight is 447 g/mol. The van der Waals surface area contributed by atoms with Crippen LogP contribution in [0.5, 0.6) is 0 Å². The van der Waals surface area contributed by atoms with E-state index < -0.39 is 46.9 Å². The van der Waals surface area contributed by atoms with Crippen molar-refractivity contribution in [3.05, 3.63) is 0 Å². The van der Waals surface area contributed by atoms with Gasteiger partial charge in [0.15, 0.2) is 0 Å². The maximum atomic E-state index is 13.3. The minimum Gasteiger partial charge on any atom is -0.314 e. The predicted octanol–water partition coefficient (Wildman–Crippen LogP) is 2.80. The zero-order valence-corrected chi connectivity index (χ0v) is 12.7. The van der Waals surface area contributed by atoms with E-state index in [1.165, 1.54) is 23.0 Å². The second-order valence-corrected chi connectivity index (χ2v) is 6.36. The molecule has 0 bridgehead atoms. The number of alkyl halides is 7. The van der Waals surface area contributed by atoms with Crippen LogP contribution in [0.2, 0.25) is 0 Å². The highest BCUT2D eigenvalue weighted by Crippen LogP contribution is 2.46. The third-order valence-electron chi connectivity index (χ3n) is 2.07. The Morgan fingerprint density at radius 3 is 1.90 bits per heavy atom. The predicted molar refractivity (Wildman–Crippen MR) is 62.1 cm³/mol. The second-order valence-electron chi connectivity index (χ2n) is 3.65. The summed E-state index contributed by atoms with van der Waals surface area (Å²) < 4.78 is 115. The van der Waals surface area contributed by atoms with Crippen LogP contribution < -0.4 is 0 Å². The summed E-state index contributed by atoms with van der Waals surface area (Å²) in [7, 11) is -5.44. The van der Waals surface area contributed by atoms with Crippen molar-refractivity contribution in [1.29, 1.82) is 0 Å². The van der Waals surface area contributed by atoms with E-state index in [1.807, 2.05) is 0 Å². The first-order valence-electron chi connectivity index (χ1n) is 4.71. The SMILES string of the molecule is CN(CCOI)S(=O)(=O)C(F)(F)C(F)(F)CC(F)(F)F. The summed E-state index contributed by atoms with van der Waals surface area (Å²) in [6.07, 6.45) is -8.89. The largest absolute Gasteiger partial charge is 0.421 e. The van der Waals surface area contributed by atoms with Gasteiger partial charge in [0.1, 0.15) is 29.4 Å². The number of likely N-dealkylation sites (N-methyl/N-ethyl adjacent to an activating group) is 1. The zero-order chi connectivity index (χ0) is 16.4. The van der Waals surface area contributed by atoms with Crippen LogP contribution in [0.15, 0.2) is 0 Å². The number of hydrogen-bond donors (Lipinski definition) is 0. The Bertz CT molecular complexity index is 425. The monoisotopic (exact) mass is 447 g/mol. The summed E-state index contributed by atoms with van der Waals surface area (Å²) in [5.74, 6) is -5.79. The molecule has 0 aromatic rings. The quantitative estimate of drug-likeness (QED) is 0.446. The number of halogens is 8. The molecule has 122 valence electrons. The molecule has 0 spiro atoms. The van der Waals surface area contributed by atoms with Gasteiger partial charge in [-0.05, 0) is 0 Å². The maximum absolute atomic E-state index is 13.3. The summed E-state index contributed by atoms with van der Waals surface area (Å²) >= 11 is 1.30. The molecule has 0 heterocycles. The van der Waals surface area contributed by atoms with Gasteiger partial charge in [0.25, 0.3) is 10.0 Å². The molecule has 0 amide bonds. The van der Waals surface area contributed by atoms with Crippen molar-refractivity contribution >= 4 is 33.0 Å². The molecule has 0 N–H and O–H groups in total. The van der Waals surface area contributed by atoms with E-state index in [4.69, 9.17) is 0 Å². The molecular formula is C7H9F7INO3S. The Hall–Kier alpha value is 0.110. The molecule has 0 radical (unpaired) electrons. The number of nitrogens with zero attached hydrogens (tertiary/aromatic N) is 1. The number of sulfonamides is 1. The molecule has 0 aliphatic heterocycles. The van der Waals surface area contributed by atoms with Crippen molar-refractivity contribution < 1.29 is 42.2 Å². The van der Waals surface area contributed by atoms with E-state index >= 15 is 0 Å². The molecule has 0 fully saturated rings. The highest BCUT2D eigenvalue weighted by Gasteiger charge is 2.69. The Morgan fingerprint density at radius 1 is 1.10 bits per heavy atom. The van der Waals surface area contributed by atoms with Gasteiger partial charge in [-0.1, -0.05) is 0 Å². The fourth-order valence-corrected chi connectivity index (χ4v) is 2.38. The first-order chi connectivity index (χ1) is 8.69. The molecule has 4 nitrogen and oxygen atoms in total. The van der Waals surface area contributed by atoms with Gasteiger partial charge in [-0.25, -0.2) is 8.42 Å². The van der Waals surface area contributed by atoms with Crippen molar-refractivity contribution in [1.82, 2.24) is 4.31 Å². The van der Waals surface area contributed by atoms with Crippen LogP contribution in [0.1, 0.15) is 6.42 Å². The van der Waals surface area contributed by atoms with Gasteiger partial charge in [0.2, 0.25) is 0 Å². The van der Waals surface area contributed by atoms with Crippen LogP contribution in [0.3, 0.4) is 0 Å². The Labute approximate surface area is 124 Å². The third kappa shape index (κ3) is 4.56. The van der Waals surface area contributed by atoms with E-state index in [2.05, 4.69) is 3.07 Å². The van der Waals surface area contributed by atoms with Crippen LogP contribution >= 0.6 is 23.0 Å². The molecular weight excluding hydrogens is 438 g/mol. The highest BCUT2D eigenvalue weighted by atomic mass is 127. The topological polar surface area (TPSA) is 46.6 Å². The lowest BCUT2D eigenvalue weighted by atomic mass is 10.2. The van der Waals surface area contributed by atoms with Gasteiger partial charge in [-0.15, -0.1) is 0 Å². The lowest BCUT2D eigenvalue weighted by Crippen LogP contribution is -2.54. The molecule has 0 aromatic heterocycles. The van der Waals surface area contributed by atoms with E-state index in [1.54, 1.807) is 0 Å². The summed E-state index contributed by atoms with van der Waals surface area (Å²) in [4.78, 5) is 0. The number of rotatable bonds is 7. The van der Waals surface area contributed by atoms with Crippen molar-refractivity contribution in [3.63, 3.8) is 0 Å². The zero-order valence-electron chi connectivity index (χ0n) is 9.73. The summed E-state index contributed by atoms with van der Waals surface area (Å²) in [5, 5.41) is -5.89. The van der Waals surface area contributed by atoms with Gasteiger partial charge in [0.05, 0.1) is 6.61 Å². The molecule has 0 rings (SSSR count). The van der Waals surface area contributed by atoms with Crippen LogP contribution in [-0.2, 0) is 13.1 Å². The molecule has 13 heteroatoms. The van der Waals surface area contributed by atoms with Gasteiger partial charge < -0.3 is 3.07 Å². The first-order valence-corrected chi connectivity index (χ1v) is 7.03. The van der Waals surface area contributed by atoms with Gasteiger partial charge in [-0.2, -0.15) is 35.0 Å². The molecule has 0 aliphatic rings. The summed E-state index contributed by atoms with van der Waals surface area (Å²) in [6.45, 7) is -1.12. The van der Waals surface area contributed by atoms with Crippen LogP contribution in [0, 0.1) is 0 Å². The standard InChI is InChI=1S/C7H9F7INO3S/c1-16(2-3-19-15)20(17,18)7(13,14)5(8,9)4-6(10,11)12/h2-4H2,1H3. The van der Waals surface area contributed by atoms with Crippen molar-refractivity contribution in [2.75, 3.05) is 20.2 Å². The fraction of sp³-hybridized carbons (Fsp3) is 1.00. The molecule has 0 saturated heterocycles. The highest BCUT2D eigenvalue weighted by molar-refractivity contribution is 14.1. The van der Waals surface area contributed by atoms with Crippen molar-refractivity contribution in [3.8, 4) is 0 Å². The minimum atomic E-state index is -5.97. The van der Waals surface area contributed by atoms with Crippen molar-refractivity contribution in [2.24, 2.45) is 0 Å². The van der Waals surface area contributed by atoms with E-state index in [9.17, 15) is 39.2 Å². The van der Waals surface area contributed by atoms with E-state index in [0.29, 0.717) is 7.05 Å². The summed E-state index contributed by atoms with van der Waals surface area (Å²) in [5.41, 5.74) is 0. The third-order valence-corrected chi connectivity index (χ3v) is 4.46. The van der Waals surface area contributed by atoms with Gasteiger partial charge in [0, 0.05) is 13.6 Å². The Balaban J connectivity index is 5.38. The Morgan fingerprint density at radius 2 is 1.55 bits per heavy atom. The van der Waals surface area contributed by atoms with Crippen LogP contribution in [0.4, 0.5) is 30.7 Å². The summed E-state index contributed by atoms with van der Waals surface area (Å²) in [6, 6.07) is 0. The van der Waals surface area contributed by atoms with Crippen molar-refractivity contribution in [2.45, 2.75) is 23.8 Å². The Kier molecular flexibility index (Phi) is 6.51. The molecule has 0 saturated carbocycles. The molecule has 0 atom stereocenters. The van der Waals surface area contributed by atoms with Gasteiger partial charge in [-0.3, -0.25) is 0 Å². The number of hydrogen-bond acceptors (Lipinski definition) is 3. The van der Waals surface area contributed by atoms with Crippen LogP contribution in [-0.4, -0.2) is 50.3 Å². The second kappa shape index (κ2) is 6.48. The maximum Gasteiger partial charge on any atom is 0.421 e. The molecule has 0 aromatic carbocycles. The van der Waals surface area contributed by atoms with E-state index in [-0.39, 0.29) is 4.31 Å². The average Bonchev–Trinajstić information content (AvgIpc) is 2.21. The fourth-order valence-electron chi connectivity index (χ4n) is 1.02. The lowest BCUT2D eigenvalue weighted by molar-refractivity contribution is -0.236. The molecule has 0 unspecified atom stereocenters. The molecule has 0 aliphatic carbocycles.